The Morgan fingerprint density at radius 3 is 2.48 bits per heavy atom. The molecule has 0 fully saturated rings. The van der Waals surface area contributed by atoms with Gasteiger partial charge < -0.3 is 20.1 Å². The largest absolute Gasteiger partial charge is 0.454 e. The van der Waals surface area contributed by atoms with E-state index in [1.54, 1.807) is 6.92 Å². The van der Waals surface area contributed by atoms with E-state index in [2.05, 4.69) is 10.6 Å². The molecule has 142 valence electrons. The molecule has 0 radical (unpaired) electrons. The van der Waals surface area contributed by atoms with Gasteiger partial charge in [0.2, 0.25) is 12.7 Å². The summed E-state index contributed by atoms with van der Waals surface area (Å²) in [5.41, 5.74) is 1.13. The van der Waals surface area contributed by atoms with Crippen molar-refractivity contribution in [2.75, 3.05) is 18.7 Å². The Bertz CT molecular complexity index is 902. The average Bonchev–Trinajstić information content (AvgIpc) is 3.08. The minimum absolute atomic E-state index is 0.0530. The molecule has 0 spiro atoms. The minimum Gasteiger partial charge on any atom is -0.454 e. The predicted octanol–water partition coefficient (Wildman–Crippen LogP) is 3.19. The van der Waals surface area contributed by atoms with Crippen LogP contribution in [0.1, 0.15) is 35.8 Å². The molecule has 2 N–H and O–H groups in total. The topological polar surface area (TPSA) is 76.7 Å². The molecule has 0 aliphatic carbocycles. The number of hydrogen-bond donors (Lipinski definition) is 2. The highest BCUT2D eigenvalue weighted by atomic mass is 19.2. The normalized spacial score (nSPS) is 13.3. The van der Waals surface area contributed by atoms with Crippen LogP contribution in [0.2, 0.25) is 0 Å². The maximum absolute atomic E-state index is 13.3. The van der Waals surface area contributed by atoms with E-state index in [0.29, 0.717) is 28.3 Å². The van der Waals surface area contributed by atoms with E-state index >= 15 is 0 Å². The third kappa shape index (κ3) is 4.22. The third-order valence-electron chi connectivity index (χ3n) is 4.18. The highest BCUT2D eigenvalue weighted by Gasteiger charge is 2.20. The molecular weight excluding hydrogens is 358 g/mol. The summed E-state index contributed by atoms with van der Waals surface area (Å²) in [4.78, 5) is 24.1. The van der Waals surface area contributed by atoms with Crippen LogP contribution in [0.5, 0.6) is 11.5 Å². The lowest BCUT2D eigenvalue weighted by Gasteiger charge is -2.15. The van der Waals surface area contributed by atoms with Gasteiger partial charge in [-0.25, -0.2) is 8.78 Å². The van der Waals surface area contributed by atoms with Crippen LogP contribution < -0.4 is 20.1 Å². The molecule has 0 saturated heterocycles. The number of ether oxygens (including phenoxy) is 2. The van der Waals surface area contributed by atoms with Gasteiger partial charge in [-0.2, -0.15) is 0 Å². The summed E-state index contributed by atoms with van der Waals surface area (Å²) in [6.07, 6.45) is 0. The minimum atomic E-state index is -0.947. The van der Waals surface area contributed by atoms with Crippen LogP contribution >= 0.6 is 0 Å². The Morgan fingerprint density at radius 1 is 1.11 bits per heavy atom. The molecule has 0 bridgehead atoms. The first kappa shape index (κ1) is 18.8. The molecule has 2 aromatic carbocycles. The summed E-state index contributed by atoms with van der Waals surface area (Å²) in [5, 5.41) is 5.58. The van der Waals surface area contributed by atoms with Crippen LogP contribution in [-0.4, -0.2) is 25.0 Å². The van der Waals surface area contributed by atoms with Crippen molar-refractivity contribution in [2.24, 2.45) is 0 Å². The predicted molar refractivity (Wildman–Crippen MR) is 94.0 cm³/mol. The first-order chi connectivity index (χ1) is 12.8. The molecule has 1 heterocycles. The Balaban J connectivity index is 1.65. The van der Waals surface area contributed by atoms with Gasteiger partial charge in [-0.1, -0.05) is 6.07 Å². The van der Waals surface area contributed by atoms with Crippen molar-refractivity contribution < 1.29 is 27.8 Å². The lowest BCUT2D eigenvalue weighted by molar-refractivity contribution is -0.115. The molecular formula is C19H18F2N2O4. The summed E-state index contributed by atoms with van der Waals surface area (Å²) >= 11 is 0. The molecule has 1 atom stereocenters. The van der Waals surface area contributed by atoms with Gasteiger partial charge in [0.15, 0.2) is 28.9 Å². The van der Waals surface area contributed by atoms with Crippen LogP contribution in [0.3, 0.4) is 0 Å². The molecule has 1 unspecified atom stereocenters. The molecule has 1 amide bonds. The molecule has 2 aromatic rings. The zero-order chi connectivity index (χ0) is 19.6. The second-order valence-corrected chi connectivity index (χ2v) is 6.13. The highest BCUT2D eigenvalue weighted by molar-refractivity contribution is 6.05. The molecule has 0 saturated carbocycles. The number of anilines is 1. The molecule has 1 aliphatic rings. The maximum Gasteiger partial charge on any atom is 0.238 e. The maximum atomic E-state index is 13.3. The second-order valence-electron chi connectivity index (χ2n) is 6.13. The van der Waals surface area contributed by atoms with Gasteiger partial charge >= 0.3 is 0 Å². The number of benzene rings is 2. The van der Waals surface area contributed by atoms with Crippen LogP contribution in [-0.2, 0) is 4.79 Å². The number of nitrogens with one attached hydrogen (secondary N) is 2. The van der Waals surface area contributed by atoms with Crippen LogP contribution in [0.25, 0.3) is 0 Å². The summed E-state index contributed by atoms with van der Waals surface area (Å²) in [7, 11) is 0. The third-order valence-corrected chi connectivity index (χ3v) is 4.18. The van der Waals surface area contributed by atoms with Gasteiger partial charge in [0.05, 0.1) is 12.2 Å². The summed E-state index contributed by atoms with van der Waals surface area (Å²) in [5.74, 6) is -1.61. The number of halogens is 2. The number of carbonyl (C=O) groups is 2. The second kappa shape index (κ2) is 7.71. The number of amides is 1. The van der Waals surface area contributed by atoms with Crippen molar-refractivity contribution in [3.63, 3.8) is 0 Å². The summed E-state index contributed by atoms with van der Waals surface area (Å²) in [6, 6.07) is 6.24. The zero-order valence-corrected chi connectivity index (χ0v) is 14.8. The van der Waals surface area contributed by atoms with E-state index in [1.165, 1.54) is 25.1 Å². The quantitative estimate of drug-likeness (QED) is 0.758. The number of fused-ring (bicyclic) bond motifs is 1. The lowest BCUT2D eigenvalue weighted by atomic mass is 10.1. The van der Waals surface area contributed by atoms with Crippen molar-refractivity contribution in [3.05, 3.63) is 53.1 Å². The van der Waals surface area contributed by atoms with Gasteiger partial charge in [0.1, 0.15) is 0 Å². The standard InChI is InChI=1S/C19H18F2N2O4/c1-10(12-3-4-14(20)15(21)5-12)22-8-19(25)23-16-7-18-17(26-9-27-18)6-13(16)11(2)24/h3-7,10,22H,8-9H2,1-2H3,(H,23,25). The van der Waals surface area contributed by atoms with Crippen molar-refractivity contribution in [1.29, 1.82) is 0 Å². The zero-order valence-electron chi connectivity index (χ0n) is 14.8. The van der Waals surface area contributed by atoms with E-state index in [-0.39, 0.29) is 25.2 Å². The fraction of sp³-hybridized carbons (Fsp3) is 0.263. The number of carbonyl (C=O) groups excluding carboxylic acids is 2. The molecule has 6 nitrogen and oxygen atoms in total. The van der Waals surface area contributed by atoms with Crippen LogP contribution in [0.15, 0.2) is 30.3 Å². The van der Waals surface area contributed by atoms with Gasteiger partial charge in [-0.15, -0.1) is 0 Å². The number of ketones is 1. The molecule has 1 aliphatic heterocycles. The number of rotatable bonds is 6. The van der Waals surface area contributed by atoms with Crippen molar-refractivity contribution in [3.8, 4) is 11.5 Å². The Hall–Kier alpha value is -3.00. The van der Waals surface area contributed by atoms with Crippen molar-refractivity contribution >= 4 is 17.4 Å². The number of Topliss-reactive ketones (excluding diaryl/α,β-unsaturated/α-hetero) is 1. The van der Waals surface area contributed by atoms with E-state index in [1.807, 2.05) is 0 Å². The van der Waals surface area contributed by atoms with Gasteiger partial charge in [0, 0.05) is 17.7 Å². The van der Waals surface area contributed by atoms with Crippen molar-refractivity contribution in [2.45, 2.75) is 19.9 Å². The van der Waals surface area contributed by atoms with Crippen LogP contribution in [0, 0.1) is 11.6 Å². The molecule has 27 heavy (non-hydrogen) atoms. The average molecular weight is 376 g/mol. The molecule has 8 heteroatoms. The van der Waals surface area contributed by atoms with Crippen molar-refractivity contribution in [1.82, 2.24) is 5.32 Å². The lowest BCUT2D eigenvalue weighted by Crippen LogP contribution is -2.30. The van der Waals surface area contributed by atoms with E-state index in [0.717, 1.165) is 12.1 Å². The fourth-order valence-electron chi connectivity index (χ4n) is 2.68. The monoisotopic (exact) mass is 376 g/mol. The first-order valence-electron chi connectivity index (χ1n) is 8.28. The van der Waals surface area contributed by atoms with Crippen LogP contribution in [0.4, 0.5) is 14.5 Å². The Labute approximate surface area is 154 Å². The van der Waals surface area contributed by atoms with E-state index in [4.69, 9.17) is 9.47 Å². The summed E-state index contributed by atoms with van der Waals surface area (Å²) in [6.45, 7) is 3.07. The SMILES string of the molecule is CC(=O)c1cc2c(cc1NC(=O)CNC(C)c1ccc(F)c(F)c1)OCO2. The first-order valence-corrected chi connectivity index (χ1v) is 8.28. The van der Waals surface area contributed by atoms with Gasteiger partial charge in [-0.3, -0.25) is 9.59 Å². The molecule has 3 rings (SSSR count). The van der Waals surface area contributed by atoms with Gasteiger partial charge in [-0.05, 0) is 37.6 Å². The van der Waals surface area contributed by atoms with E-state index < -0.39 is 17.5 Å². The highest BCUT2D eigenvalue weighted by Crippen LogP contribution is 2.37. The van der Waals surface area contributed by atoms with E-state index in [9.17, 15) is 18.4 Å². The smallest absolute Gasteiger partial charge is 0.238 e. The molecule has 0 aromatic heterocycles. The Kier molecular flexibility index (Phi) is 5.36. The summed E-state index contributed by atoms with van der Waals surface area (Å²) < 4.78 is 36.8. The Morgan fingerprint density at radius 2 is 1.81 bits per heavy atom. The van der Waals surface area contributed by atoms with Gasteiger partial charge in [0.25, 0.3) is 0 Å². The fourth-order valence-corrected chi connectivity index (χ4v) is 2.68. The number of hydrogen-bond acceptors (Lipinski definition) is 5.